The minimum atomic E-state index is -0.257. The number of guanidine groups is 1. The van der Waals surface area contributed by atoms with Gasteiger partial charge >= 0.3 is 0 Å². The van der Waals surface area contributed by atoms with Crippen molar-refractivity contribution in [1.82, 2.24) is 0 Å². The number of hydrogen-bond donors (Lipinski definition) is 2. The normalized spacial score (nSPS) is 22.0. The van der Waals surface area contributed by atoms with Gasteiger partial charge in [-0.1, -0.05) is 29.3 Å². The van der Waals surface area contributed by atoms with E-state index in [0.29, 0.717) is 5.02 Å². The number of nitrogens with two attached hydrogens (primary N) is 2. The number of halogens is 1. The lowest BCUT2D eigenvalue weighted by Crippen LogP contribution is -2.24. The van der Waals surface area contributed by atoms with E-state index in [2.05, 4.69) is 4.99 Å². The maximum Gasteiger partial charge on any atom is 0.252 e. The Morgan fingerprint density at radius 3 is 2.82 bits per heavy atom. The van der Waals surface area contributed by atoms with E-state index in [9.17, 15) is 4.79 Å². The predicted molar refractivity (Wildman–Crippen MR) is 67.9 cm³/mol. The first-order valence-electron chi connectivity index (χ1n) is 5.38. The Morgan fingerprint density at radius 2 is 2.18 bits per heavy atom. The summed E-state index contributed by atoms with van der Waals surface area (Å²) in [6, 6.07) is 5.81. The molecule has 1 aromatic rings. The Labute approximate surface area is 105 Å². The summed E-state index contributed by atoms with van der Waals surface area (Å²) in [4.78, 5) is 15.2. The first-order chi connectivity index (χ1) is 7.99. The average molecular weight is 252 g/mol. The van der Waals surface area contributed by atoms with Gasteiger partial charge in [-0.2, -0.15) is 4.99 Å². The molecule has 17 heavy (non-hydrogen) atoms. The first-order valence-corrected chi connectivity index (χ1v) is 5.76. The molecule has 1 amide bonds. The van der Waals surface area contributed by atoms with Crippen molar-refractivity contribution in [2.75, 3.05) is 0 Å². The van der Waals surface area contributed by atoms with Gasteiger partial charge in [0.25, 0.3) is 5.91 Å². The van der Waals surface area contributed by atoms with Gasteiger partial charge in [-0.25, -0.2) is 0 Å². The minimum Gasteiger partial charge on any atom is -0.370 e. The van der Waals surface area contributed by atoms with Crippen molar-refractivity contribution in [2.24, 2.45) is 22.4 Å². The first kappa shape index (κ1) is 11.9. The van der Waals surface area contributed by atoms with Crippen LogP contribution in [0.1, 0.15) is 23.5 Å². The Hall–Kier alpha value is -1.55. The third-order valence-corrected chi connectivity index (χ3v) is 3.24. The molecule has 0 bridgehead atoms. The molecule has 1 fully saturated rings. The van der Waals surface area contributed by atoms with E-state index >= 15 is 0 Å². The number of carbonyl (C=O) groups is 1. The molecule has 1 aliphatic carbocycles. The maximum atomic E-state index is 11.6. The molecule has 2 unspecified atom stereocenters. The van der Waals surface area contributed by atoms with Crippen LogP contribution in [0, 0.1) is 12.8 Å². The third kappa shape index (κ3) is 2.58. The summed E-state index contributed by atoms with van der Waals surface area (Å²) in [6.07, 6.45) is 0.763. The van der Waals surface area contributed by atoms with E-state index in [-0.39, 0.29) is 23.7 Å². The SMILES string of the molecule is Cc1ccc(Cl)c(C2CC2C(=O)N=C(N)N)c1. The lowest BCUT2D eigenvalue weighted by atomic mass is 10.1. The van der Waals surface area contributed by atoms with Crippen molar-refractivity contribution in [2.45, 2.75) is 19.3 Å². The lowest BCUT2D eigenvalue weighted by molar-refractivity contribution is -0.119. The highest BCUT2D eigenvalue weighted by Crippen LogP contribution is 2.50. The summed E-state index contributed by atoms with van der Waals surface area (Å²) < 4.78 is 0. The number of aliphatic imine (C=N–C) groups is 1. The highest BCUT2D eigenvalue weighted by Gasteiger charge is 2.44. The second-order valence-corrected chi connectivity index (χ2v) is 4.76. The number of benzene rings is 1. The fourth-order valence-corrected chi connectivity index (χ4v) is 2.23. The number of hydrogen-bond acceptors (Lipinski definition) is 1. The molecule has 0 aliphatic heterocycles. The van der Waals surface area contributed by atoms with Crippen LogP contribution < -0.4 is 11.5 Å². The van der Waals surface area contributed by atoms with E-state index in [4.69, 9.17) is 23.1 Å². The molecule has 0 spiro atoms. The number of aryl methyl sites for hydroxylation is 1. The van der Waals surface area contributed by atoms with Crippen LogP contribution >= 0.6 is 11.6 Å². The van der Waals surface area contributed by atoms with Gasteiger partial charge in [0.1, 0.15) is 0 Å². The van der Waals surface area contributed by atoms with E-state index in [1.807, 2.05) is 25.1 Å². The average Bonchev–Trinajstić information content (AvgIpc) is 3.00. The van der Waals surface area contributed by atoms with Gasteiger partial charge in [-0.05, 0) is 30.9 Å². The Bertz CT molecular complexity index is 495. The van der Waals surface area contributed by atoms with Gasteiger partial charge in [0, 0.05) is 10.9 Å². The zero-order valence-corrected chi connectivity index (χ0v) is 10.2. The highest BCUT2D eigenvalue weighted by atomic mass is 35.5. The second kappa shape index (κ2) is 4.37. The fourth-order valence-electron chi connectivity index (χ4n) is 1.97. The van der Waals surface area contributed by atoms with Crippen molar-refractivity contribution < 1.29 is 4.79 Å². The molecule has 90 valence electrons. The van der Waals surface area contributed by atoms with Crippen molar-refractivity contribution in [3.05, 3.63) is 34.3 Å². The van der Waals surface area contributed by atoms with Crippen LogP contribution in [-0.4, -0.2) is 11.9 Å². The zero-order valence-electron chi connectivity index (χ0n) is 9.48. The molecule has 4 N–H and O–H groups in total. The molecule has 0 radical (unpaired) electrons. The summed E-state index contributed by atoms with van der Waals surface area (Å²) in [5.74, 6) is -0.419. The summed E-state index contributed by atoms with van der Waals surface area (Å²) >= 11 is 6.11. The van der Waals surface area contributed by atoms with Gasteiger partial charge in [-0.3, -0.25) is 4.79 Å². The van der Waals surface area contributed by atoms with Crippen LogP contribution in [0.5, 0.6) is 0 Å². The van der Waals surface area contributed by atoms with Gasteiger partial charge in [0.2, 0.25) is 0 Å². The van der Waals surface area contributed by atoms with Crippen LogP contribution in [0.4, 0.5) is 0 Å². The summed E-state index contributed by atoms with van der Waals surface area (Å²) in [6.45, 7) is 2.00. The van der Waals surface area contributed by atoms with E-state index in [0.717, 1.165) is 17.5 Å². The maximum absolute atomic E-state index is 11.6. The van der Waals surface area contributed by atoms with Gasteiger partial charge in [0.15, 0.2) is 5.96 Å². The van der Waals surface area contributed by atoms with Crippen LogP contribution in [0.3, 0.4) is 0 Å². The fraction of sp³-hybridized carbons (Fsp3) is 0.333. The summed E-state index contributed by atoms with van der Waals surface area (Å²) in [5.41, 5.74) is 12.5. The van der Waals surface area contributed by atoms with Crippen LogP contribution in [0.15, 0.2) is 23.2 Å². The van der Waals surface area contributed by atoms with Crippen LogP contribution in [0.25, 0.3) is 0 Å². The molecule has 2 rings (SSSR count). The Balaban J connectivity index is 2.15. The molecule has 1 saturated carbocycles. The third-order valence-electron chi connectivity index (χ3n) is 2.90. The monoisotopic (exact) mass is 251 g/mol. The highest BCUT2D eigenvalue weighted by molar-refractivity contribution is 6.31. The number of carbonyl (C=O) groups excluding carboxylic acids is 1. The smallest absolute Gasteiger partial charge is 0.252 e. The molecule has 0 saturated heterocycles. The van der Waals surface area contributed by atoms with Gasteiger partial charge < -0.3 is 11.5 Å². The summed E-state index contributed by atoms with van der Waals surface area (Å²) in [5, 5.41) is 0.695. The Kier molecular flexibility index (Phi) is 3.07. The molecule has 5 heteroatoms. The van der Waals surface area contributed by atoms with E-state index < -0.39 is 0 Å². The minimum absolute atomic E-state index is 0.128. The number of rotatable bonds is 2. The quantitative estimate of drug-likeness (QED) is 0.618. The molecular weight excluding hydrogens is 238 g/mol. The lowest BCUT2D eigenvalue weighted by Gasteiger charge is -2.04. The topological polar surface area (TPSA) is 81.5 Å². The van der Waals surface area contributed by atoms with Crippen molar-refractivity contribution in [1.29, 1.82) is 0 Å². The standard InChI is InChI=1S/C12H14ClN3O/c1-6-2-3-10(13)8(4-6)7-5-9(7)11(17)16-12(14)15/h2-4,7,9H,5H2,1H3,(H4,14,15,16,17). The predicted octanol–water partition coefficient (Wildman–Crippen LogP) is 1.55. The zero-order chi connectivity index (χ0) is 12.6. The second-order valence-electron chi connectivity index (χ2n) is 4.35. The van der Waals surface area contributed by atoms with Crippen LogP contribution in [0.2, 0.25) is 5.02 Å². The van der Waals surface area contributed by atoms with E-state index in [1.165, 1.54) is 0 Å². The van der Waals surface area contributed by atoms with Crippen LogP contribution in [-0.2, 0) is 4.79 Å². The van der Waals surface area contributed by atoms with Crippen molar-refractivity contribution >= 4 is 23.5 Å². The Morgan fingerprint density at radius 1 is 1.47 bits per heavy atom. The molecule has 4 nitrogen and oxygen atoms in total. The number of amides is 1. The molecule has 0 aromatic heterocycles. The molecule has 1 aliphatic rings. The van der Waals surface area contributed by atoms with Gasteiger partial charge in [-0.15, -0.1) is 0 Å². The molecular formula is C12H14ClN3O. The van der Waals surface area contributed by atoms with Crippen molar-refractivity contribution in [3.8, 4) is 0 Å². The molecule has 2 atom stereocenters. The largest absolute Gasteiger partial charge is 0.370 e. The van der Waals surface area contributed by atoms with Crippen molar-refractivity contribution in [3.63, 3.8) is 0 Å². The van der Waals surface area contributed by atoms with Gasteiger partial charge in [0.05, 0.1) is 0 Å². The van der Waals surface area contributed by atoms with E-state index in [1.54, 1.807) is 0 Å². The number of nitrogens with zero attached hydrogens (tertiary/aromatic N) is 1. The molecule has 1 aromatic carbocycles. The summed E-state index contributed by atoms with van der Waals surface area (Å²) in [7, 11) is 0. The molecule has 0 heterocycles.